The fourth-order valence-electron chi connectivity index (χ4n) is 3.47. The molecule has 1 fully saturated rings. The van der Waals surface area contributed by atoms with Crippen molar-refractivity contribution in [1.29, 1.82) is 0 Å². The van der Waals surface area contributed by atoms with Gasteiger partial charge >= 0.3 is 0 Å². The Kier molecular flexibility index (Phi) is 6.97. The van der Waals surface area contributed by atoms with Crippen molar-refractivity contribution in [3.05, 3.63) is 51.7 Å². The standard InChI is InChI=1S/C21H24BrFN2O4/c1-27-18-7-4-14(19(28-2)20(18)29-3)13-24-8-10-25(11-9-24)21(26)16-12-15(23)5-6-17(16)22/h4-7,12H,8-11,13H2,1-3H3. The number of methoxy groups -OCH3 is 3. The number of carbonyl (C=O) groups is 1. The Bertz CT molecular complexity index is 885. The van der Waals surface area contributed by atoms with Crippen molar-refractivity contribution in [2.24, 2.45) is 0 Å². The molecule has 0 atom stereocenters. The van der Waals surface area contributed by atoms with Gasteiger partial charge < -0.3 is 19.1 Å². The third-order valence-corrected chi connectivity index (χ3v) is 5.69. The third kappa shape index (κ3) is 4.64. The summed E-state index contributed by atoms with van der Waals surface area (Å²) in [6.45, 7) is 3.20. The molecule has 0 bridgehead atoms. The Morgan fingerprint density at radius 2 is 1.69 bits per heavy atom. The first-order valence-corrected chi connectivity index (χ1v) is 10.0. The number of hydrogen-bond acceptors (Lipinski definition) is 5. The smallest absolute Gasteiger partial charge is 0.255 e. The van der Waals surface area contributed by atoms with Crippen LogP contribution in [0.3, 0.4) is 0 Å². The summed E-state index contributed by atoms with van der Waals surface area (Å²) in [7, 11) is 4.78. The number of ether oxygens (including phenoxy) is 3. The van der Waals surface area contributed by atoms with Crippen molar-refractivity contribution in [2.75, 3.05) is 47.5 Å². The lowest BCUT2D eigenvalue weighted by atomic mass is 10.1. The quantitative estimate of drug-likeness (QED) is 0.651. The molecule has 8 heteroatoms. The highest BCUT2D eigenvalue weighted by Crippen LogP contribution is 2.40. The zero-order chi connectivity index (χ0) is 21.0. The average molecular weight is 467 g/mol. The second-order valence-corrected chi connectivity index (χ2v) is 7.54. The molecular weight excluding hydrogens is 443 g/mol. The molecule has 1 amide bonds. The topological polar surface area (TPSA) is 51.2 Å². The van der Waals surface area contributed by atoms with E-state index in [1.165, 1.54) is 12.1 Å². The Labute approximate surface area is 178 Å². The molecular formula is C21H24BrFN2O4. The number of nitrogens with zero attached hydrogens (tertiary/aromatic N) is 2. The first kappa shape index (κ1) is 21.4. The minimum Gasteiger partial charge on any atom is -0.493 e. The van der Waals surface area contributed by atoms with E-state index < -0.39 is 5.82 Å². The molecule has 0 spiro atoms. The Hall–Kier alpha value is -2.32. The SMILES string of the molecule is COc1ccc(CN2CCN(C(=O)c3cc(F)ccc3Br)CC2)c(OC)c1OC. The van der Waals surface area contributed by atoms with Gasteiger partial charge in [0, 0.05) is 42.8 Å². The van der Waals surface area contributed by atoms with E-state index in [1.54, 1.807) is 32.3 Å². The second kappa shape index (κ2) is 9.45. The van der Waals surface area contributed by atoms with Gasteiger partial charge in [0.05, 0.1) is 26.9 Å². The minimum atomic E-state index is -0.421. The van der Waals surface area contributed by atoms with Gasteiger partial charge in [-0.25, -0.2) is 4.39 Å². The van der Waals surface area contributed by atoms with E-state index in [2.05, 4.69) is 20.8 Å². The molecule has 0 N–H and O–H groups in total. The summed E-state index contributed by atoms with van der Waals surface area (Å²) in [6.07, 6.45) is 0. The molecule has 2 aromatic rings. The molecule has 1 aliphatic rings. The van der Waals surface area contributed by atoms with Crippen molar-refractivity contribution in [3.63, 3.8) is 0 Å². The predicted octanol–water partition coefficient (Wildman–Crippen LogP) is 3.57. The van der Waals surface area contributed by atoms with Crippen LogP contribution in [0, 0.1) is 5.82 Å². The molecule has 6 nitrogen and oxygen atoms in total. The number of carbonyl (C=O) groups excluding carboxylic acids is 1. The van der Waals surface area contributed by atoms with E-state index in [0.29, 0.717) is 60.0 Å². The van der Waals surface area contributed by atoms with Crippen molar-refractivity contribution in [2.45, 2.75) is 6.54 Å². The van der Waals surface area contributed by atoms with Crippen LogP contribution in [0.4, 0.5) is 4.39 Å². The molecule has 1 heterocycles. The fourth-order valence-corrected chi connectivity index (χ4v) is 3.89. The van der Waals surface area contributed by atoms with Gasteiger partial charge in [0.25, 0.3) is 5.91 Å². The minimum absolute atomic E-state index is 0.167. The lowest BCUT2D eigenvalue weighted by molar-refractivity contribution is 0.0626. The molecule has 156 valence electrons. The number of hydrogen-bond donors (Lipinski definition) is 0. The van der Waals surface area contributed by atoms with E-state index >= 15 is 0 Å². The maximum Gasteiger partial charge on any atom is 0.255 e. The monoisotopic (exact) mass is 466 g/mol. The van der Waals surface area contributed by atoms with Crippen LogP contribution in [0.15, 0.2) is 34.8 Å². The zero-order valence-electron chi connectivity index (χ0n) is 16.7. The van der Waals surface area contributed by atoms with Gasteiger partial charge in [0.1, 0.15) is 5.82 Å². The number of piperazine rings is 1. The molecule has 0 aromatic heterocycles. The van der Waals surface area contributed by atoms with Crippen LogP contribution in [0.2, 0.25) is 0 Å². The van der Waals surface area contributed by atoms with Gasteiger partial charge in [-0.2, -0.15) is 0 Å². The molecule has 3 rings (SSSR count). The predicted molar refractivity (Wildman–Crippen MR) is 111 cm³/mol. The van der Waals surface area contributed by atoms with Gasteiger partial charge in [-0.1, -0.05) is 6.07 Å². The molecule has 0 radical (unpaired) electrons. The Morgan fingerprint density at radius 3 is 2.31 bits per heavy atom. The van der Waals surface area contributed by atoms with Gasteiger partial charge in [-0.3, -0.25) is 9.69 Å². The Morgan fingerprint density at radius 1 is 1.00 bits per heavy atom. The number of rotatable bonds is 6. The second-order valence-electron chi connectivity index (χ2n) is 6.69. The van der Waals surface area contributed by atoms with Crippen molar-refractivity contribution >= 4 is 21.8 Å². The highest BCUT2D eigenvalue weighted by Gasteiger charge is 2.25. The van der Waals surface area contributed by atoms with Gasteiger partial charge in [-0.15, -0.1) is 0 Å². The summed E-state index contributed by atoms with van der Waals surface area (Å²) in [4.78, 5) is 16.7. The normalized spacial score (nSPS) is 14.6. The van der Waals surface area contributed by atoms with Gasteiger partial charge in [0.2, 0.25) is 5.75 Å². The van der Waals surface area contributed by atoms with Gasteiger partial charge in [0.15, 0.2) is 11.5 Å². The third-order valence-electron chi connectivity index (χ3n) is 5.00. The molecule has 2 aromatic carbocycles. The number of halogens is 2. The lowest BCUT2D eigenvalue weighted by Gasteiger charge is -2.35. The zero-order valence-corrected chi connectivity index (χ0v) is 18.3. The van der Waals surface area contributed by atoms with Crippen molar-refractivity contribution in [1.82, 2.24) is 9.80 Å². The molecule has 0 saturated carbocycles. The van der Waals surface area contributed by atoms with E-state index in [1.807, 2.05) is 12.1 Å². The molecule has 0 unspecified atom stereocenters. The lowest BCUT2D eigenvalue weighted by Crippen LogP contribution is -2.48. The molecule has 1 saturated heterocycles. The van der Waals surface area contributed by atoms with Crippen LogP contribution in [-0.4, -0.2) is 63.2 Å². The fraction of sp³-hybridized carbons (Fsp3) is 0.381. The maximum atomic E-state index is 13.5. The van der Waals surface area contributed by atoms with Crippen LogP contribution in [0.25, 0.3) is 0 Å². The molecule has 29 heavy (non-hydrogen) atoms. The summed E-state index contributed by atoms with van der Waals surface area (Å²) < 4.78 is 30.5. The van der Waals surface area contributed by atoms with Gasteiger partial charge in [-0.05, 0) is 40.2 Å². The van der Waals surface area contributed by atoms with E-state index in [-0.39, 0.29) is 5.91 Å². The molecule has 0 aliphatic carbocycles. The Balaban J connectivity index is 1.67. The largest absolute Gasteiger partial charge is 0.493 e. The van der Waals surface area contributed by atoms with Crippen molar-refractivity contribution in [3.8, 4) is 17.2 Å². The molecule has 1 aliphatic heterocycles. The highest BCUT2D eigenvalue weighted by atomic mass is 79.9. The van der Waals surface area contributed by atoms with E-state index in [0.717, 1.165) is 5.56 Å². The summed E-state index contributed by atoms with van der Waals surface area (Å²) in [5, 5.41) is 0. The van der Waals surface area contributed by atoms with Crippen LogP contribution in [-0.2, 0) is 6.54 Å². The van der Waals surface area contributed by atoms with E-state index in [9.17, 15) is 9.18 Å². The average Bonchev–Trinajstić information content (AvgIpc) is 2.75. The maximum absolute atomic E-state index is 13.5. The first-order valence-electron chi connectivity index (χ1n) is 9.23. The van der Waals surface area contributed by atoms with Crippen molar-refractivity contribution < 1.29 is 23.4 Å². The van der Waals surface area contributed by atoms with Crippen LogP contribution >= 0.6 is 15.9 Å². The summed E-state index contributed by atoms with van der Waals surface area (Å²) in [5.74, 6) is 1.24. The highest BCUT2D eigenvalue weighted by molar-refractivity contribution is 9.10. The number of benzene rings is 2. The summed E-state index contributed by atoms with van der Waals surface area (Å²) in [6, 6.07) is 7.98. The van der Waals surface area contributed by atoms with E-state index in [4.69, 9.17) is 14.2 Å². The first-order chi connectivity index (χ1) is 14.0. The van der Waals surface area contributed by atoms with Crippen LogP contribution in [0.5, 0.6) is 17.2 Å². The van der Waals surface area contributed by atoms with Crippen LogP contribution < -0.4 is 14.2 Å². The summed E-state index contributed by atoms with van der Waals surface area (Å²) in [5.41, 5.74) is 1.33. The van der Waals surface area contributed by atoms with Crippen LogP contribution in [0.1, 0.15) is 15.9 Å². The summed E-state index contributed by atoms with van der Waals surface area (Å²) >= 11 is 3.33. The number of amides is 1.